The number of nitrogens with zero attached hydrogens (tertiary/aromatic N) is 1. The predicted octanol–water partition coefficient (Wildman–Crippen LogP) is 1.62. The summed E-state index contributed by atoms with van der Waals surface area (Å²) in [7, 11) is 0. The summed E-state index contributed by atoms with van der Waals surface area (Å²) in [5, 5.41) is 8.74. The van der Waals surface area contributed by atoms with Gasteiger partial charge in [-0.1, -0.05) is 6.92 Å². The third kappa shape index (κ3) is 1.23. The van der Waals surface area contributed by atoms with Crippen molar-refractivity contribution in [2.75, 3.05) is 12.6 Å². The van der Waals surface area contributed by atoms with Crippen LogP contribution in [0.1, 0.15) is 26.2 Å². The smallest absolute Gasteiger partial charge is 0.141 e. The van der Waals surface area contributed by atoms with E-state index >= 15 is 0 Å². The first-order valence-electron chi connectivity index (χ1n) is 5.32. The molecule has 0 aliphatic heterocycles. The fraction of sp³-hybridized carbons (Fsp3) is 0.818. The first kappa shape index (κ1) is 11.1. The largest absolute Gasteiger partial charge is 0.375 e. The average Bonchev–Trinajstić information content (AvgIpc) is 2.62. The fourth-order valence-corrected chi connectivity index (χ4v) is 3.87. The molecule has 0 aromatic heterocycles. The van der Waals surface area contributed by atoms with Gasteiger partial charge in [0, 0.05) is 23.9 Å². The Hall–Kier alpha value is -0.410. The van der Waals surface area contributed by atoms with Crippen molar-refractivity contribution in [3.63, 3.8) is 0 Å². The molecule has 0 aromatic rings. The van der Waals surface area contributed by atoms with Gasteiger partial charge in [-0.25, -0.2) is 0 Å². The molecule has 3 unspecified atom stereocenters. The normalized spacial score (nSPS) is 44.5. The lowest BCUT2D eigenvalue weighted by molar-refractivity contribution is -0.127. The summed E-state index contributed by atoms with van der Waals surface area (Å²) in [5.74, 6) is 1.01. The van der Waals surface area contributed by atoms with Crippen LogP contribution in [0.25, 0.3) is 0 Å². The average molecular weight is 230 g/mol. The Kier molecular flexibility index (Phi) is 2.63. The van der Waals surface area contributed by atoms with E-state index in [2.05, 4.69) is 11.9 Å². The molecule has 2 saturated carbocycles. The van der Waals surface area contributed by atoms with Gasteiger partial charge in [0.25, 0.3) is 0 Å². The molecular weight excluding hydrogens is 214 g/mol. The van der Waals surface area contributed by atoms with Gasteiger partial charge in [-0.05, 0) is 18.8 Å². The molecule has 0 aromatic carbocycles. The van der Waals surface area contributed by atoms with Gasteiger partial charge in [-0.2, -0.15) is 0 Å². The Morgan fingerprint density at radius 2 is 2.47 bits per heavy atom. The van der Waals surface area contributed by atoms with Gasteiger partial charge in [-0.15, -0.1) is 11.6 Å². The molecule has 4 heteroatoms. The van der Waals surface area contributed by atoms with E-state index in [1.54, 1.807) is 6.21 Å². The van der Waals surface area contributed by atoms with E-state index in [4.69, 9.17) is 16.7 Å². The van der Waals surface area contributed by atoms with Crippen LogP contribution in [0.4, 0.5) is 0 Å². The highest BCUT2D eigenvalue weighted by Gasteiger charge is 2.65. The first-order valence-corrected chi connectivity index (χ1v) is 5.85. The molecule has 0 saturated heterocycles. The number of aliphatic hydroxyl groups is 1. The Bertz CT molecular complexity index is 318. The second-order valence-corrected chi connectivity index (χ2v) is 5.08. The third-order valence-electron chi connectivity index (χ3n) is 4.43. The Morgan fingerprint density at radius 1 is 1.73 bits per heavy atom. The van der Waals surface area contributed by atoms with Crippen LogP contribution in [-0.2, 0) is 4.79 Å². The maximum atomic E-state index is 12.0. The molecule has 0 amide bonds. The van der Waals surface area contributed by atoms with Gasteiger partial charge in [0.2, 0.25) is 0 Å². The van der Waals surface area contributed by atoms with E-state index in [9.17, 15) is 4.79 Å². The number of carbonyl (C=O) groups is 1. The van der Waals surface area contributed by atoms with Crippen molar-refractivity contribution in [1.82, 2.24) is 0 Å². The van der Waals surface area contributed by atoms with Gasteiger partial charge in [0.1, 0.15) is 12.5 Å². The lowest BCUT2D eigenvalue weighted by Gasteiger charge is -2.34. The summed E-state index contributed by atoms with van der Waals surface area (Å²) >= 11 is 6.00. The number of carbonyl (C=O) groups excluding carboxylic acids is 1. The van der Waals surface area contributed by atoms with E-state index in [-0.39, 0.29) is 17.9 Å². The van der Waals surface area contributed by atoms with Gasteiger partial charge >= 0.3 is 0 Å². The molecule has 1 N–H and O–H groups in total. The zero-order valence-corrected chi connectivity index (χ0v) is 9.63. The Balaban J connectivity index is 2.40. The SMILES string of the molecule is CC1(/C=N/CO)C2CCC1(CCl)C(=O)C2. The fourth-order valence-electron chi connectivity index (χ4n) is 3.30. The summed E-state index contributed by atoms with van der Waals surface area (Å²) in [6.45, 7) is 1.84. The van der Waals surface area contributed by atoms with E-state index in [1.165, 1.54) is 0 Å². The number of Topliss-reactive ketones (excluding diaryl/α,β-unsaturated/α-hetero) is 1. The number of aliphatic hydroxyl groups excluding tert-OH is 1. The minimum Gasteiger partial charge on any atom is -0.375 e. The number of fused-ring (bicyclic) bond motifs is 2. The highest BCUT2D eigenvalue weighted by Crippen LogP contribution is 2.63. The quantitative estimate of drug-likeness (QED) is 0.591. The number of aliphatic imine (C=N–C) groups is 1. The summed E-state index contributed by atoms with van der Waals surface area (Å²) < 4.78 is 0. The van der Waals surface area contributed by atoms with Crippen LogP contribution in [-0.4, -0.2) is 29.7 Å². The van der Waals surface area contributed by atoms with E-state index in [0.29, 0.717) is 18.2 Å². The molecule has 3 atom stereocenters. The van der Waals surface area contributed by atoms with Crippen molar-refractivity contribution >= 4 is 23.6 Å². The molecule has 2 rings (SSSR count). The van der Waals surface area contributed by atoms with Gasteiger partial charge in [-0.3, -0.25) is 9.79 Å². The summed E-state index contributed by atoms with van der Waals surface area (Å²) in [4.78, 5) is 15.9. The van der Waals surface area contributed by atoms with Crippen LogP contribution < -0.4 is 0 Å². The van der Waals surface area contributed by atoms with Crippen molar-refractivity contribution in [2.45, 2.75) is 26.2 Å². The van der Waals surface area contributed by atoms with Crippen molar-refractivity contribution in [3.8, 4) is 0 Å². The van der Waals surface area contributed by atoms with Gasteiger partial charge < -0.3 is 5.11 Å². The molecule has 2 bridgehead atoms. The summed E-state index contributed by atoms with van der Waals surface area (Å²) in [5.41, 5.74) is -0.660. The monoisotopic (exact) mass is 229 g/mol. The van der Waals surface area contributed by atoms with Crippen LogP contribution in [0.15, 0.2) is 4.99 Å². The van der Waals surface area contributed by atoms with Gasteiger partial charge in [0.05, 0.1) is 5.41 Å². The molecule has 2 fully saturated rings. The molecule has 3 nitrogen and oxygen atoms in total. The molecule has 0 radical (unpaired) electrons. The minimum atomic E-state index is -0.419. The van der Waals surface area contributed by atoms with Gasteiger partial charge in [0.15, 0.2) is 0 Å². The molecule has 84 valence electrons. The lowest BCUT2D eigenvalue weighted by atomic mass is 9.69. The topological polar surface area (TPSA) is 49.7 Å². The maximum Gasteiger partial charge on any atom is 0.141 e. The highest BCUT2D eigenvalue weighted by molar-refractivity contribution is 6.21. The lowest BCUT2D eigenvalue weighted by Crippen LogP contribution is -2.40. The molecule has 2 aliphatic carbocycles. The third-order valence-corrected chi connectivity index (χ3v) is 4.89. The van der Waals surface area contributed by atoms with Crippen LogP contribution >= 0.6 is 11.6 Å². The molecule has 0 spiro atoms. The number of hydrogen-bond acceptors (Lipinski definition) is 3. The number of hydrogen-bond donors (Lipinski definition) is 1. The summed E-state index contributed by atoms with van der Waals surface area (Å²) in [6.07, 6.45) is 4.30. The maximum absolute atomic E-state index is 12.0. The molecule has 0 heterocycles. The number of halogens is 1. The van der Waals surface area contributed by atoms with Crippen molar-refractivity contribution in [2.24, 2.45) is 21.7 Å². The molecule has 2 aliphatic rings. The van der Waals surface area contributed by atoms with E-state index in [0.717, 1.165) is 12.8 Å². The number of alkyl halides is 1. The highest BCUT2D eigenvalue weighted by atomic mass is 35.5. The molecular formula is C11H16ClNO2. The molecule has 15 heavy (non-hydrogen) atoms. The van der Waals surface area contributed by atoms with Crippen molar-refractivity contribution < 1.29 is 9.90 Å². The zero-order valence-electron chi connectivity index (χ0n) is 8.87. The van der Waals surface area contributed by atoms with E-state index < -0.39 is 5.41 Å². The second kappa shape index (κ2) is 3.56. The summed E-state index contributed by atoms with van der Waals surface area (Å²) in [6, 6.07) is 0. The van der Waals surface area contributed by atoms with Crippen LogP contribution in [0.3, 0.4) is 0 Å². The Labute approximate surface area is 94.5 Å². The standard InChI is InChI=1S/C11H16ClNO2/c1-10(6-13-7-14)8-2-3-11(10,5-12)9(15)4-8/h6,8,14H,2-5,7H2,1H3/b13-6+. The van der Waals surface area contributed by atoms with E-state index in [1.807, 2.05) is 0 Å². The van der Waals surface area contributed by atoms with Crippen LogP contribution in [0, 0.1) is 16.7 Å². The second-order valence-electron chi connectivity index (χ2n) is 4.81. The van der Waals surface area contributed by atoms with Crippen molar-refractivity contribution in [3.05, 3.63) is 0 Å². The zero-order chi connectivity index (χ0) is 11.1. The van der Waals surface area contributed by atoms with Crippen LogP contribution in [0.2, 0.25) is 0 Å². The predicted molar refractivity (Wildman–Crippen MR) is 59.2 cm³/mol. The van der Waals surface area contributed by atoms with Crippen molar-refractivity contribution in [1.29, 1.82) is 0 Å². The minimum absolute atomic E-state index is 0.213. The number of rotatable bonds is 3. The first-order chi connectivity index (χ1) is 7.10. The number of ketones is 1. The van der Waals surface area contributed by atoms with Crippen LogP contribution in [0.5, 0.6) is 0 Å². The Morgan fingerprint density at radius 3 is 3.00 bits per heavy atom.